The fourth-order valence-corrected chi connectivity index (χ4v) is 5.45. The molecular formula is C24H37BrN4O. The second-order valence-electron chi connectivity index (χ2n) is 8.56. The zero-order valence-electron chi connectivity index (χ0n) is 18.3. The van der Waals surface area contributed by atoms with Crippen LogP contribution < -0.4 is 20.9 Å². The number of anilines is 1. The van der Waals surface area contributed by atoms with E-state index in [1.807, 2.05) is 6.08 Å². The second-order valence-corrected chi connectivity index (χ2v) is 9.42. The Hall–Kier alpha value is -1.37. The molecule has 0 aromatic heterocycles. The molecule has 2 aliphatic rings. The van der Waals surface area contributed by atoms with Crippen molar-refractivity contribution in [3.05, 3.63) is 40.9 Å². The summed E-state index contributed by atoms with van der Waals surface area (Å²) in [6, 6.07) is 6.24. The van der Waals surface area contributed by atoms with Crippen molar-refractivity contribution in [3.63, 3.8) is 0 Å². The lowest BCUT2D eigenvalue weighted by Crippen LogP contribution is -2.43. The van der Waals surface area contributed by atoms with Crippen LogP contribution in [-0.4, -0.2) is 45.2 Å². The van der Waals surface area contributed by atoms with E-state index in [0.717, 1.165) is 42.2 Å². The zero-order valence-corrected chi connectivity index (χ0v) is 19.8. The monoisotopic (exact) mass is 476 g/mol. The summed E-state index contributed by atoms with van der Waals surface area (Å²) in [6.07, 6.45) is 8.68. The molecule has 3 rings (SSSR count). The highest BCUT2D eigenvalue weighted by atomic mass is 79.9. The average molecular weight is 477 g/mol. The Morgan fingerprint density at radius 1 is 1.27 bits per heavy atom. The molecule has 1 aromatic carbocycles. The predicted molar refractivity (Wildman–Crippen MR) is 129 cm³/mol. The van der Waals surface area contributed by atoms with Crippen LogP contribution in [-0.2, 0) is 11.3 Å². The number of amides is 1. The molecule has 2 heterocycles. The summed E-state index contributed by atoms with van der Waals surface area (Å²) in [5, 5.41) is 9.75. The SMILES string of the molecule is C=CCCC(NCc1c(Br)cccc1N1CCC(C2CCNCC2)CC1)C(=O)NC. The van der Waals surface area contributed by atoms with Gasteiger partial charge in [-0.3, -0.25) is 4.79 Å². The molecule has 0 radical (unpaired) electrons. The molecule has 0 spiro atoms. The lowest BCUT2D eigenvalue weighted by molar-refractivity contribution is -0.122. The summed E-state index contributed by atoms with van der Waals surface area (Å²) >= 11 is 3.75. The van der Waals surface area contributed by atoms with Crippen molar-refractivity contribution < 1.29 is 4.79 Å². The number of carbonyl (C=O) groups excluding carboxylic acids is 1. The molecule has 1 amide bonds. The number of benzene rings is 1. The predicted octanol–water partition coefficient (Wildman–Crippen LogP) is 3.84. The van der Waals surface area contributed by atoms with Crippen LogP contribution in [0.4, 0.5) is 5.69 Å². The first kappa shape index (κ1) is 23.3. The quantitative estimate of drug-likeness (QED) is 0.474. The van der Waals surface area contributed by atoms with Gasteiger partial charge in [0, 0.05) is 42.4 Å². The average Bonchev–Trinajstić information content (AvgIpc) is 2.80. The minimum absolute atomic E-state index is 0.0354. The highest BCUT2D eigenvalue weighted by Gasteiger charge is 2.28. The summed E-state index contributed by atoms with van der Waals surface area (Å²) in [7, 11) is 1.70. The molecule has 2 saturated heterocycles. The summed E-state index contributed by atoms with van der Waals surface area (Å²) < 4.78 is 1.10. The highest BCUT2D eigenvalue weighted by Crippen LogP contribution is 2.35. The molecule has 0 aliphatic carbocycles. The largest absolute Gasteiger partial charge is 0.371 e. The van der Waals surface area contributed by atoms with Crippen LogP contribution >= 0.6 is 15.9 Å². The van der Waals surface area contributed by atoms with Gasteiger partial charge in [0.25, 0.3) is 0 Å². The van der Waals surface area contributed by atoms with Gasteiger partial charge in [0.05, 0.1) is 6.04 Å². The van der Waals surface area contributed by atoms with Gasteiger partial charge in [-0.25, -0.2) is 0 Å². The number of nitrogens with zero attached hydrogens (tertiary/aromatic N) is 1. The topological polar surface area (TPSA) is 56.4 Å². The number of likely N-dealkylation sites (N-methyl/N-ethyl adjacent to an activating group) is 1. The molecule has 2 fully saturated rings. The summed E-state index contributed by atoms with van der Waals surface area (Å²) in [5.74, 6) is 1.80. The maximum atomic E-state index is 12.3. The summed E-state index contributed by atoms with van der Waals surface area (Å²) in [6.45, 7) is 9.06. The third kappa shape index (κ3) is 6.08. The molecular weight excluding hydrogens is 440 g/mol. The first-order chi connectivity index (χ1) is 14.6. The van der Waals surface area contributed by atoms with E-state index < -0.39 is 0 Å². The standard InChI is InChI=1S/C24H37BrN4O/c1-3-4-7-22(24(30)26-2)28-17-20-21(25)6-5-8-23(20)29-15-11-19(12-16-29)18-9-13-27-14-10-18/h3,5-6,8,18-19,22,27-28H,1,4,7,9-17H2,2H3,(H,26,30). The Bertz CT molecular complexity index is 696. The van der Waals surface area contributed by atoms with Crippen molar-refractivity contribution in [2.45, 2.75) is 51.1 Å². The molecule has 0 saturated carbocycles. The van der Waals surface area contributed by atoms with Gasteiger partial charge in [0.1, 0.15) is 0 Å². The molecule has 2 aliphatic heterocycles. The van der Waals surface area contributed by atoms with Crippen molar-refractivity contribution in [2.75, 3.05) is 38.1 Å². The van der Waals surface area contributed by atoms with E-state index in [-0.39, 0.29) is 11.9 Å². The van der Waals surface area contributed by atoms with Gasteiger partial charge in [-0.15, -0.1) is 6.58 Å². The normalized spacial score (nSPS) is 19.5. The Balaban J connectivity index is 1.64. The number of nitrogens with one attached hydrogen (secondary N) is 3. The molecule has 5 nitrogen and oxygen atoms in total. The number of piperidine rings is 2. The van der Waals surface area contributed by atoms with Gasteiger partial charge >= 0.3 is 0 Å². The fraction of sp³-hybridized carbons (Fsp3) is 0.625. The summed E-state index contributed by atoms with van der Waals surface area (Å²) in [4.78, 5) is 14.8. The van der Waals surface area contributed by atoms with Crippen molar-refractivity contribution in [3.8, 4) is 0 Å². The van der Waals surface area contributed by atoms with Crippen LogP contribution in [0, 0.1) is 11.8 Å². The van der Waals surface area contributed by atoms with Gasteiger partial charge in [-0.1, -0.05) is 28.1 Å². The minimum Gasteiger partial charge on any atom is -0.371 e. The Labute approximate surface area is 190 Å². The van der Waals surface area contributed by atoms with E-state index in [1.54, 1.807) is 7.05 Å². The van der Waals surface area contributed by atoms with Crippen molar-refractivity contribution in [1.29, 1.82) is 0 Å². The maximum Gasteiger partial charge on any atom is 0.236 e. The number of halogens is 1. The molecule has 3 N–H and O–H groups in total. The van der Waals surface area contributed by atoms with Gasteiger partial charge in [-0.2, -0.15) is 0 Å². The Kier molecular flexibility index (Phi) is 9.22. The number of rotatable bonds is 9. The number of hydrogen-bond acceptors (Lipinski definition) is 4. The molecule has 1 unspecified atom stereocenters. The molecule has 6 heteroatoms. The minimum atomic E-state index is -0.210. The number of carbonyl (C=O) groups is 1. The van der Waals surface area contributed by atoms with E-state index in [9.17, 15) is 4.79 Å². The Morgan fingerprint density at radius 3 is 2.63 bits per heavy atom. The van der Waals surface area contributed by atoms with Crippen LogP contribution in [0.1, 0.15) is 44.1 Å². The molecule has 1 aromatic rings. The lowest BCUT2D eigenvalue weighted by Gasteiger charge is -2.39. The van der Waals surface area contributed by atoms with Crippen molar-refractivity contribution >= 4 is 27.5 Å². The van der Waals surface area contributed by atoms with Gasteiger partial charge in [0.2, 0.25) is 5.91 Å². The molecule has 166 valence electrons. The molecule has 30 heavy (non-hydrogen) atoms. The first-order valence-electron chi connectivity index (χ1n) is 11.4. The smallest absolute Gasteiger partial charge is 0.236 e. The van der Waals surface area contributed by atoms with Gasteiger partial charge < -0.3 is 20.9 Å². The zero-order chi connectivity index (χ0) is 21.3. The molecule has 1 atom stereocenters. The van der Waals surface area contributed by atoms with Gasteiger partial charge in [-0.05, 0) is 75.6 Å². The van der Waals surface area contributed by atoms with E-state index in [0.29, 0.717) is 6.54 Å². The fourth-order valence-electron chi connectivity index (χ4n) is 4.96. The van der Waals surface area contributed by atoms with E-state index in [1.165, 1.54) is 50.0 Å². The molecule has 0 bridgehead atoms. The summed E-state index contributed by atoms with van der Waals surface area (Å²) in [5.41, 5.74) is 2.53. The van der Waals surface area contributed by atoms with Crippen molar-refractivity contribution in [1.82, 2.24) is 16.0 Å². The third-order valence-electron chi connectivity index (χ3n) is 6.77. The second kappa shape index (κ2) is 11.9. The van der Waals surface area contributed by atoms with Crippen molar-refractivity contribution in [2.24, 2.45) is 11.8 Å². The Morgan fingerprint density at radius 2 is 1.97 bits per heavy atom. The van der Waals surface area contributed by atoms with E-state index in [2.05, 4.69) is 61.6 Å². The third-order valence-corrected chi connectivity index (χ3v) is 7.52. The lowest BCUT2D eigenvalue weighted by atomic mass is 9.79. The van der Waals surface area contributed by atoms with Gasteiger partial charge in [0.15, 0.2) is 0 Å². The van der Waals surface area contributed by atoms with Crippen LogP contribution in [0.2, 0.25) is 0 Å². The number of hydrogen-bond donors (Lipinski definition) is 3. The van der Waals surface area contributed by atoms with Crippen LogP contribution in [0.5, 0.6) is 0 Å². The van der Waals surface area contributed by atoms with E-state index in [4.69, 9.17) is 0 Å². The van der Waals surface area contributed by atoms with Crippen LogP contribution in [0.15, 0.2) is 35.3 Å². The number of allylic oxidation sites excluding steroid dienone is 1. The first-order valence-corrected chi connectivity index (χ1v) is 12.2. The van der Waals surface area contributed by atoms with Crippen LogP contribution in [0.3, 0.4) is 0 Å². The highest BCUT2D eigenvalue weighted by molar-refractivity contribution is 9.10. The van der Waals surface area contributed by atoms with E-state index >= 15 is 0 Å². The maximum absolute atomic E-state index is 12.3. The van der Waals surface area contributed by atoms with Crippen LogP contribution in [0.25, 0.3) is 0 Å².